The molecule has 0 aliphatic heterocycles. The topological polar surface area (TPSA) is 46.8 Å². The van der Waals surface area contributed by atoms with Crippen LogP contribution in [0.15, 0.2) is 183 Å². The number of allylic oxidation sites excluding steroid dienone is 5. The van der Waals surface area contributed by atoms with Gasteiger partial charge in [-0.1, -0.05) is 161 Å². The van der Waals surface area contributed by atoms with E-state index < -0.39 is 0 Å². The zero-order valence-corrected chi connectivity index (χ0v) is 31.7. The van der Waals surface area contributed by atoms with E-state index in [2.05, 4.69) is 165 Å². The lowest BCUT2D eigenvalue weighted by molar-refractivity contribution is 0.592. The van der Waals surface area contributed by atoms with Gasteiger partial charge in [0.15, 0.2) is 11.6 Å². The molecule has 0 N–H and O–H groups in total. The Kier molecular flexibility index (Phi) is 9.52. The van der Waals surface area contributed by atoms with E-state index in [0.29, 0.717) is 17.6 Å². The minimum atomic E-state index is -0.251. The molecule has 5 heteroatoms. The number of fused-ring (bicyclic) bond motifs is 3. The van der Waals surface area contributed by atoms with Crippen molar-refractivity contribution in [3.05, 3.63) is 194 Å². The highest BCUT2D eigenvalue weighted by Crippen LogP contribution is 2.44. The molecular weight excluding hydrogens is 671 g/mol. The average Bonchev–Trinajstić information content (AvgIpc) is 3.55. The van der Waals surface area contributed by atoms with Crippen LogP contribution in [0.1, 0.15) is 38.8 Å². The van der Waals surface area contributed by atoms with Gasteiger partial charge in [-0.25, -0.2) is 4.98 Å². The van der Waals surface area contributed by atoms with Crippen LogP contribution in [0, 0.1) is 0 Å². The monoisotopic (exact) mass is 713 g/mol. The van der Waals surface area contributed by atoms with E-state index >= 15 is 0 Å². The van der Waals surface area contributed by atoms with Crippen LogP contribution in [0.4, 0.5) is 17.1 Å². The van der Waals surface area contributed by atoms with Gasteiger partial charge in [0, 0.05) is 39.0 Å². The second kappa shape index (κ2) is 14.9. The highest BCUT2D eigenvalue weighted by molar-refractivity contribution is 6.12. The molecule has 0 amide bonds. The van der Waals surface area contributed by atoms with E-state index in [9.17, 15) is 0 Å². The molecule has 0 spiro atoms. The number of nitrogens with zero attached hydrogens (tertiary/aromatic N) is 5. The van der Waals surface area contributed by atoms with Gasteiger partial charge < -0.3 is 4.90 Å². The standard InChI is InChI=1S/C50H43N5/c1-6-7-12-21-35(2)41-31-32-42-43-34-40(54(38-26-17-10-18-27-38)39-28-19-11-20-29-39)30-33-44(43)55(46(42)45(41)50(3,4)5)49-52-47(36-22-13-8-14-23-36)51-48(53-49)37-24-15-9-16-25-37/h6-34H,1H2,2-5H3. The van der Waals surface area contributed by atoms with Gasteiger partial charge in [0.25, 0.3) is 0 Å². The molecule has 0 bridgehead atoms. The lowest BCUT2D eigenvalue weighted by Crippen LogP contribution is -2.17. The second-order valence-corrected chi connectivity index (χ2v) is 14.7. The van der Waals surface area contributed by atoms with E-state index in [4.69, 9.17) is 15.0 Å². The van der Waals surface area contributed by atoms with Crippen molar-refractivity contribution in [2.75, 3.05) is 4.90 Å². The number of anilines is 3. The van der Waals surface area contributed by atoms with Crippen molar-refractivity contribution < 1.29 is 0 Å². The first-order chi connectivity index (χ1) is 26.8. The summed E-state index contributed by atoms with van der Waals surface area (Å²) in [5.74, 6) is 1.81. The Bertz CT molecular complexity index is 2590. The Labute approximate surface area is 323 Å². The zero-order chi connectivity index (χ0) is 37.9. The molecule has 0 saturated heterocycles. The Morgan fingerprint density at radius 2 is 1.15 bits per heavy atom. The molecule has 2 aromatic heterocycles. The first-order valence-electron chi connectivity index (χ1n) is 18.7. The number of hydrogen-bond acceptors (Lipinski definition) is 4. The van der Waals surface area contributed by atoms with Crippen molar-refractivity contribution in [1.29, 1.82) is 0 Å². The summed E-state index contributed by atoms with van der Waals surface area (Å²) in [5, 5.41) is 2.24. The van der Waals surface area contributed by atoms with Crippen molar-refractivity contribution in [3.8, 4) is 28.7 Å². The predicted molar refractivity (Wildman–Crippen MR) is 231 cm³/mol. The van der Waals surface area contributed by atoms with Gasteiger partial charge >= 0.3 is 0 Å². The van der Waals surface area contributed by atoms with Crippen LogP contribution >= 0.6 is 0 Å². The molecule has 6 aromatic carbocycles. The van der Waals surface area contributed by atoms with Gasteiger partial charge in [-0.05, 0) is 71.5 Å². The third-order valence-electron chi connectivity index (χ3n) is 9.86. The van der Waals surface area contributed by atoms with E-state index in [-0.39, 0.29) is 5.41 Å². The minimum absolute atomic E-state index is 0.251. The quantitative estimate of drug-likeness (QED) is 0.140. The fourth-order valence-corrected chi connectivity index (χ4v) is 7.40. The molecule has 0 fully saturated rings. The summed E-state index contributed by atoms with van der Waals surface area (Å²) >= 11 is 0. The van der Waals surface area contributed by atoms with Gasteiger partial charge in [0.05, 0.1) is 11.0 Å². The van der Waals surface area contributed by atoms with Gasteiger partial charge in [-0.3, -0.25) is 4.57 Å². The Morgan fingerprint density at radius 3 is 1.67 bits per heavy atom. The van der Waals surface area contributed by atoms with Crippen molar-refractivity contribution in [2.24, 2.45) is 0 Å². The molecule has 2 heterocycles. The molecule has 0 saturated carbocycles. The number of aromatic nitrogens is 4. The van der Waals surface area contributed by atoms with Crippen molar-refractivity contribution in [2.45, 2.75) is 33.1 Å². The molecule has 8 aromatic rings. The molecule has 55 heavy (non-hydrogen) atoms. The van der Waals surface area contributed by atoms with Crippen molar-refractivity contribution >= 4 is 44.4 Å². The Hall–Kier alpha value is -6.85. The summed E-state index contributed by atoms with van der Waals surface area (Å²) in [4.78, 5) is 17.9. The van der Waals surface area contributed by atoms with Crippen LogP contribution < -0.4 is 4.90 Å². The third-order valence-corrected chi connectivity index (χ3v) is 9.86. The van der Waals surface area contributed by atoms with Crippen LogP contribution in [0.5, 0.6) is 0 Å². The maximum absolute atomic E-state index is 5.28. The molecule has 0 aliphatic rings. The normalized spacial score (nSPS) is 12.1. The number of para-hydroxylation sites is 2. The van der Waals surface area contributed by atoms with E-state index in [1.54, 1.807) is 6.08 Å². The first kappa shape index (κ1) is 35.2. The smallest absolute Gasteiger partial charge is 0.238 e. The van der Waals surface area contributed by atoms with Gasteiger partial charge in [-0.15, -0.1) is 0 Å². The predicted octanol–water partition coefficient (Wildman–Crippen LogP) is 13.2. The van der Waals surface area contributed by atoms with Crippen molar-refractivity contribution in [3.63, 3.8) is 0 Å². The van der Waals surface area contributed by atoms with Crippen LogP contribution in [-0.2, 0) is 5.41 Å². The second-order valence-electron chi connectivity index (χ2n) is 14.7. The molecule has 0 radical (unpaired) electrons. The van der Waals surface area contributed by atoms with Crippen LogP contribution in [0.3, 0.4) is 0 Å². The molecule has 268 valence electrons. The minimum Gasteiger partial charge on any atom is -0.310 e. The van der Waals surface area contributed by atoms with Crippen LogP contribution in [0.25, 0.3) is 56.1 Å². The lowest BCUT2D eigenvalue weighted by Gasteiger charge is -2.26. The average molecular weight is 714 g/mol. The summed E-state index contributed by atoms with van der Waals surface area (Å²) in [7, 11) is 0. The molecule has 0 unspecified atom stereocenters. The molecule has 5 nitrogen and oxygen atoms in total. The molecule has 0 atom stereocenters. The molecule has 0 aliphatic carbocycles. The van der Waals surface area contributed by atoms with Crippen LogP contribution in [0.2, 0.25) is 0 Å². The summed E-state index contributed by atoms with van der Waals surface area (Å²) in [6.07, 6.45) is 7.97. The van der Waals surface area contributed by atoms with Crippen molar-refractivity contribution in [1.82, 2.24) is 19.5 Å². The Morgan fingerprint density at radius 1 is 0.600 bits per heavy atom. The highest BCUT2D eigenvalue weighted by atomic mass is 15.2. The number of rotatable bonds is 9. The van der Waals surface area contributed by atoms with E-state index in [1.807, 2.05) is 48.6 Å². The molecular formula is C50H43N5. The molecule has 8 rings (SSSR count). The van der Waals surface area contributed by atoms with Crippen LogP contribution in [-0.4, -0.2) is 19.5 Å². The fraction of sp³-hybridized carbons (Fsp3) is 0.100. The van der Waals surface area contributed by atoms with Gasteiger partial charge in [0.2, 0.25) is 5.95 Å². The van der Waals surface area contributed by atoms with Gasteiger partial charge in [0.1, 0.15) is 0 Å². The maximum Gasteiger partial charge on any atom is 0.238 e. The Balaban J connectivity index is 1.49. The summed E-state index contributed by atoms with van der Waals surface area (Å²) in [6.45, 7) is 12.9. The summed E-state index contributed by atoms with van der Waals surface area (Å²) in [6, 6.07) is 52.7. The highest BCUT2D eigenvalue weighted by Gasteiger charge is 2.28. The maximum atomic E-state index is 5.28. The number of benzene rings is 6. The summed E-state index contributed by atoms with van der Waals surface area (Å²) < 4.78 is 2.27. The fourth-order valence-electron chi connectivity index (χ4n) is 7.40. The third kappa shape index (κ3) is 6.89. The van der Waals surface area contributed by atoms with E-state index in [1.165, 1.54) is 11.1 Å². The van der Waals surface area contributed by atoms with E-state index in [0.717, 1.165) is 55.6 Å². The lowest BCUT2D eigenvalue weighted by atomic mass is 9.80. The van der Waals surface area contributed by atoms with Gasteiger partial charge in [-0.2, -0.15) is 9.97 Å². The summed E-state index contributed by atoms with van der Waals surface area (Å²) in [5.41, 5.74) is 10.5. The number of hydrogen-bond donors (Lipinski definition) is 0. The zero-order valence-electron chi connectivity index (χ0n) is 31.7. The largest absolute Gasteiger partial charge is 0.310 e. The SMILES string of the molecule is C=CC=CC=C(C)c1ccc2c3cc(N(c4ccccc4)c4ccccc4)ccc3n(-c3nc(-c4ccccc4)nc(-c4ccccc4)n3)c2c1C(C)(C)C. The first-order valence-corrected chi connectivity index (χ1v) is 18.7.